The molecule has 2 N–H and O–H groups in total. The monoisotopic (exact) mass is 463 g/mol. The molecule has 1 aromatic rings. The van der Waals surface area contributed by atoms with Gasteiger partial charge >= 0.3 is 0 Å². The Morgan fingerprint density at radius 2 is 1.96 bits per heavy atom. The third kappa shape index (κ3) is 8.70. The number of nitrogens with one attached hydrogen (secondary N) is 2. The number of sulfonamides is 1. The van der Waals surface area contributed by atoms with Crippen LogP contribution >= 0.6 is 36.4 Å². The Labute approximate surface area is 179 Å². The summed E-state index contributed by atoms with van der Waals surface area (Å²) in [6.07, 6.45) is -0.277. The van der Waals surface area contributed by atoms with Crippen molar-refractivity contribution < 1.29 is 17.9 Å². The molecule has 0 spiro atoms. The highest BCUT2D eigenvalue weighted by Gasteiger charge is 2.22. The Bertz CT molecular complexity index is 658. The normalized spacial score (nSPS) is 16.1. The van der Waals surface area contributed by atoms with Crippen LogP contribution in [0.15, 0.2) is 23.1 Å². The summed E-state index contributed by atoms with van der Waals surface area (Å²) in [7, 11) is -2.15. The van der Waals surface area contributed by atoms with Crippen molar-refractivity contribution in [2.45, 2.75) is 17.9 Å². The number of methoxy groups -OCH3 is 1. The zero-order valence-corrected chi connectivity index (χ0v) is 18.6. The summed E-state index contributed by atoms with van der Waals surface area (Å²) < 4.78 is 38.7. The maximum Gasteiger partial charge on any atom is 0.244 e. The molecule has 2 rings (SSSR count). The molecule has 0 radical (unpaired) electrons. The molecule has 1 aliphatic rings. The average Bonchev–Trinajstić information content (AvgIpc) is 2.57. The first kappa shape index (κ1) is 26.7. The van der Waals surface area contributed by atoms with E-state index >= 15 is 0 Å². The van der Waals surface area contributed by atoms with E-state index in [-0.39, 0.29) is 41.6 Å². The molecule has 0 saturated carbocycles. The highest BCUT2D eigenvalue weighted by atomic mass is 35.5. The third-order valence-corrected chi connectivity index (χ3v) is 5.57. The van der Waals surface area contributed by atoms with E-state index in [1.807, 2.05) is 6.92 Å². The van der Waals surface area contributed by atoms with E-state index < -0.39 is 10.0 Å². The van der Waals surface area contributed by atoms with Crippen LogP contribution in [0.3, 0.4) is 0 Å². The van der Waals surface area contributed by atoms with Crippen LogP contribution in [0.2, 0.25) is 5.02 Å². The summed E-state index contributed by atoms with van der Waals surface area (Å²) in [5.74, 6) is 0.267. The minimum Gasteiger partial charge on any atom is -0.487 e. The van der Waals surface area contributed by atoms with E-state index in [2.05, 4.69) is 14.9 Å². The molecule has 158 valence electrons. The van der Waals surface area contributed by atoms with Crippen molar-refractivity contribution in [1.82, 2.24) is 14.9 Å². The fourth-order valence-corrected chi connectivity index (χ4v) is 4.04. The highest BCUT2D eigenvalue weighted by Crippen LogP contribution is 2.28. The van der Waals surface area contributed by atoms with E-state index in [0.29, 0.717) is 24.7 Å². The molecule has 1 atom stereocenters. The first-order chi connectivity index (χ1) is 11.9. The average molecular weight is 465 g/mol. The maximum atomic E-state index is 12.7. The number of hydrogen-bond acceptors (Lipinski definition) is 6. The van der Waals surface area contributed by atoms with Crippen LogP contribution in [-0.4, -0.2) is 72.4 Å². The molecule has 0 aliphatic carbocycles. The van der Waals surface area contributed by atoms with E-state index in [1.165, 1.54) is 6.07 Å². The summed E-state index contributed by atoms with van der Waals surface area (Å²) >= 11 is 5.99. The number of nitrogens with zero attached hydrogens (tertiary/aromatic N) is 1. The molecule has 1 heterocycles. The van der Waals surface area contributed by atoms with Gasteiger partial charge in [0.2, 0.25) is 10.0 Å². The number of piperazine rings is 1. The predicted molar refractivity (Wildman–Crippen MR) is 112 cm³/mol. The maximum absolute atomic E-state index is 12.7. The van der Waals surface area contributed by atoms with Gasteiger partial charge in [-0.15, -0.1) is 24.8 Å². The van der Waals surface area contributed by atoms with Gasteiger partial charge in [-0.1, -0.05) is 11.6 Å². The van der Waals surface area contributed by atoms with Gasteiger partial charge in [-0.05, 0) is 25.1 Å². The van der Waals surface area contributed by atoms with Crippen LogP contribution in [0, 0.1) is 0 Å². The summed E-state index contributed by atoms with van der Waals surface area (Å²) in [4.78, 5) is 2.26. The van der Waals surface area contributed by atoms with Crippen LogP contribution in [0.25, 0.3) is 0 Å². The number of rotatable bonds is 9. The first-order valence-electron chi connectivity index (χ1n) is 8.30. The Morgan fingerprint density at radius 1 is 1.30 bits per heavy atom. The van der Waals surface area contributed by atoms with Gasteiger partial charge in [0.25, 0.3) is 0 Å². The van der Waals surface area contributed by atoms with Crippen molar-refractivity contribution in [3.63, 3.8) is 0 Å². The lowest BCUT2D eigenvalue weighted by molar-refractivity contribution is 0.0901. The van der Waals surface area contributed by atoms with Gasteiger partial charge in [0.1, 0.15) is 16.7 Å². The van der Waals surface area contributed by atoms with E-state index in [0.717, 1.165) is 26.2 Å². The lowest BCUT2D eigenvalue weighted by Gasteiger charge is -2.27. The van der Waals surface area contributed by atoms with E-state index in [1.54, 1.807) is 19.2 Å². The zero-order valence-electron chi connectivity index (χ0n) is 15.4. The van der Waals surface area contributed by atoms with Crippen molar-refractivity contribution in [2.75, 3.05) is 53.0 Å². The molecule has 0 amide bonds. The molecule has 0 aromatic heterocycles. The number of halogens is 3. The van der Waals surface area contributed by atoms with Crippen LogP contribution in [0.1, 0.15) is 6.92 Å². The third-order valence-electron chi connectivity index (χ3n) is 3.85. The molecule has 27 heavy (non-hydrogen) atoms. The summed E-state index contributed by atoms with van der Waals surface area (Å²) in [5.41, 5.74) is 0. The molecule has 1 aromatic carbocycles. The van der Waals surface area contributed by atoms with Gasteiger partial charge in [0, 0.05) is 51.4 Å². The fourth-order valence-electron chi connectivity index (χ4n) is 2.63. The second-order valence-corrected chi connectivity index (χ2v) is 8.14. The van der Waals surface area contributed by atoms with Crippen molar-refractivity contribution in [3.05, 3.63) is 23.2 Å². The van der Waals surface area contributed by atoms with Crippen LogP contribution < -0.4 is 14.8 Å². The first-order valence-corrected chi connectivity index (χ1v) is 10.2. The van der Waals surface area contributed by atoms with Gasteiger partial charge in [-0.2, -0.15) is 0 Å². The van der Waals surface area contributed by atoms with Crippen LogP contribution in [0.4, 0.5) is 0 Å². The highest BCUT2D eigenvalue weighted by molar-refractivity contribution is 7.89. The van der Waals surface area contributed by atoms with Crippen molar-refractivity contribution in [3.8, 4) is 5.75 Å². The van der Waals surface area contributed by atoms with Crippen molar-refractivity contribution in [2.24, 2.45) is 0 Å². The van der Waals surface area contributed by atoms with Crippen LogP contribution in [0.5, 0.6) is 5.75 Å². The van der Waals surface area contributed by atoms with Crippen molar-refractivity contribution in [1.29, 1.82) is 0 Å². The number of benzene rings is 1. The molecular weight excluding hydrogens is 437 g/mol. The van der Waals surface area contributed by atoms with Gasteiger partial charge in [0.15, 0.2) is 0 Å². The van der Waals surface area contributed by atoms with E-state index in [9.17, 15) is 8.42 Å². The molecule has 1 saturated heterocycles. The quantitative estimate of drug-likeness (QED) is 0.580. The standard InChI is InChI=1S/C16H26ClN3O4S.2ClH/c1-13(12-23-2)24-15-4-3-14(17)11-16(15)25(21,22)19-7-10-20-8-5-18-6-9-20;;/h3-4,11,13,18-19H,5-10,12H2,1-2H3;2*1H. The summed E-state index contributed by atoms with van der Waals surface area (Å²) in [5, 5.41) is 3.61. The second kappa shape index (κ2) is 13.0. The topological polar surface area (TPSA) is 79.9 Å². The Balaban J connectivity index is 0.00000338. The molecule has 1 unspecified atom stereocenters. The molecular formula is C16H28Cl3N3O4S. The second-order valence-electron chi connectivity index (χ2n) is 5.96. The minimum absolute atomic E-state index is 0. The minimum atomic E-state index is -3.72. The molecule has 1 aliphatic heterocycles. The number of hydrogen-bond donors (Lipinski definition) is 2. The molecule has 0 bridgehead atoms. The Kier molecular flexibility index (Phi) is 12.9. The lowest BCUT2D eigenvalue weighted by atomic mass is 10.3. The van der Waals surface area contributed by atoms with Gasteiger partial charge in [-0.25, -0.2) is 13.1 Å². The predicted octanol–water partition coefficient (Wildman–Crippen LogP) is 1.78. The zero-order chi connectivity index (χ0) is 18.3. The summed E-state index contributed by atoms with van der Waals surface area (Å²) in [6, 6.07) is 4.58. The SMILES string of the molecule is COCC(C)Oc1ccc(Cl)cc1S(=O)(=O)NCCN1CCNCC1.Cl.Cl. The molecule has 7 nitrogen and oxygen atoms in total. The van der Waals surface area contributed by atoms with Gasteiger partial charge in [-0.3, -0.25) is 4.90 Å². The smallest absolute Gasteiger partial charge is 0.244 e. The van der Waals surface area contributed by atoms with Crippen molar-refractivity contribution >= 4 is 46.4 Å². The Morgan fingerprint density at radius 3 is 2.59 bits per heavy atom. The fraction of sp³-hybridized carbons (Fsp3) is 0.625. The summed E-state index contributed by atoms with van der Waals surface area (Å²) in [6.45, 7) is 6.86. The molecule has 1 fully saturated rings. The van der Waals surface area contributed by atoms with E-state index in [4.69, 9.17) is 21.1 Å². The van der Waals surface area contributed by atoms with Gasteiger partial charge in [0.05, 0.1) is 6.61 Å². The largest absolute Gasteiger partial charge is 0.487 e. The number of ether oxygens (including phenoxy) is 2. The lowest BCUT2D eigenvalue weighted by Crippen LogP contribution is -2.46. The Hall–Kier alpha value is -0.320. The molecule has 11 heteroatoms. The van der Waals surface area contributed by atoms with Gasteiger partial charge < -0.3 is 14.8 Å². The van der Waals surface area contributed by atoms with Crippen LogP contribution in [-0.2, 0) is 14.8 Å².